The van der Waals surface area contributed by atoms with Gasteiger partial charge in [0.25, 0.3) is 0 Å². The molecule has 4 heteroatoms. The fourth-order valence-corrected chi connectivity index (χ4v) is 1.93. The number of rotatable bonds is 5. The monoisotopic (exact) mass is 244 g/mol. The standard InChI is InChI=1S/C14H20N4/c1-10-7-12-13(8-11(10)2)17-9-18-14(12)16-6-4-3-5-15/h7-9H,3-6,15H2,1-2H3,(H,16,17,18). The molecule has 0 amide bonds. The number of unbranched alkanes of at least 4 members (excludes halogenated alkanes) is 1. The minimum Gasteiger partial charge on any atom is -0.369 e. The molecule has 0 fully saturated rings. The topological polar surface area (TPSA) is 63.8 Å². The molecular formula is C14H20N4. The number of hydrogen-bond donors (Lipinski definition) is 2. The number of hydrogen-bond acceptors (Lipinski definition) is 4. The summed E-state index contributed by atoms with van der Waals surface area (Å²) in [6, 6.07) is 4.26. The molecule has 0 aliphatic rings. The molecule has 0 saturated heterocycles. The van der Waals surface area contributed by atoms with Crippen LogP contribution >= 0.6 is 0 Å². The minimum absolute atomic E-state index is 0.741. The van der Waals surface area contributed by atoms with Crippen LogP contribution < -0.4 is 11.1 Å². The first-order valence-corrected chi connectivity index (χ1v) is 6.38. The van der Waals surface area contributed by atoms with Crippen molar-refractivity contribution in [2.24, 2.45) is 5.73 Å². The molecular weight excluding hydrogens is 224 g/mol. The summed E-state index contributed by atoms with van der Waals surface area (Å²) in [6.45, 7) is 5.85. The average molecular weight is 244 g/mol. The van der Waals surface area contributed by atoms with E-state index >= 15 is 0 Å². The maximum absolute atomic E-state index is 5.48. The highest BCUT2D eigenvalue weighted by atomic mass is 15.0. The summed E-state index contributed by atoms with van der Waals surface area (Å²) in [5.41, 5.74) is 9.00. The Labute approximate surface area is 108 Å². The summed E-state index contributed by atoms with van der Waals surface area (Å²) in [6.07, 6.45) is 3.71. The van der Waals surface area contributed by atoms with E-state index in [0.29, 0.717) is 0 Å². The predicted octanol–water partition coefficient (Wildman–Crippen LogP) is 2.40. The third kappa shape index (κ3) is 2.76. The van der Waals surface area contributed by atoms with Gasteiger partial charge in [-0.3, -0.25) is 0 Å². The molecule has 18 heavy (non-hydrogen) atoms. The Kier molecular flexibility index (Phi) is 4.10. The lowest BCUT2D eigenvalue weighted by molar-refractivity contribution is 0.772. The molecule has 2 rings (SSSR count). The Bertz CT molecular complexity index is 537. The van der Waals surface area contributed by atoms with Crippen LogP contribution in [0.1, 0.15) is 24.0 Å². The molecule has 0 saturated carbocycles. The third-order valence-corrected chi connectivity index (χ3v) is 3.17. The van der Waals surface area contributed by atoms with Gasteiger partial charge < -0.3 is 11.1 Å². The van der Waals surface area contributed by atoms with E-state index in [4.69, 9.17) is 5.73 Å². The van der Waals surface area contributed by atoms with Crippen LogP contribution in [-0.4, -0.2) is 23.1 Å². The number of aryl methyl sites for hydroxylation is 2. The van der Waals surface area contributed by atoms with E-state index in [1.54, 1.807) is 6.33 Å². The number of fused-ring (bicyclic) bond motifs is 1. The van der Waals surface area contributed by atoms with Crippen molar-refractivity contribution in [3.05, 3.63) is 29.6 Å². The van der Waals surface area contributed by atoms with Crippen molar-refractivity contribution in [3.63, 3.8) is 0 Å². The van der Waals surface area contributed by atoms with E-state index < -0.39 is 0 Å². The molecule has 0 atom stereocenters. The summed E-state index contributed by atoms with van der Waals surface area (Å²) in [7, 11) is 0. The predicted molar refractivity (Wildman–Crippen MR) is 75.8 cm³/mol. The number of aromatic nitrogens is 2. The molecule has 0 radical (unpaired) electrons. The van der Waals surface area contributed by atoms with Gasteiger partial charge >= 0.3 is 0 Å². The quantitative estimate of drug-likeness (QED) is 0.793. The van der Waals surface area contributed by atoms with Crippen LogP contribution in [0, 0.1) is 13.8 Å². The lowest BCUT2D eigenvalue weighted by Gasteiger charge is -2.09. The average Bonchev–Trinajstić information content (AvgIpc) is 2.36. The van der Waals surface area contributed by atoms with Gasteiger partial charge in [0.1, 0.15) is 12.1 Å². The molecule has 0 unspecified atom stereocenters. The van der Waals surface area contributed by atoms with Gasteiger partial charge in [-0.15, -0.1) is 0 Å². The highest BCUT2D eigenvalue weighted by Gasteiger charge is 2.05. The van der Waals surface area contributed by atoms with Crippen molar-refractivity contribution in [1.82, 2.24) is 9.97 Å². The summed E-state index contributed by atoms with van der Waals surface area (Å²) in [5.74, 6) is 0.917. The summed E-state index contributed by atoms with van der Waals surface area (Å²) in [5, 5.41) is 4.45. The summed E-state index contributed by atoms with van der Waals surface area (Å²) < 4.78 is 0. The van der Waals surface area contributed by atoms with E-state index in [2.05, 4.69) is 41.3 Å². The van der Waals surface area contributed by atoms with Gasteiger partial charge in [0.2, 0.25) is 0 Å². The van der Waals surface area contributed by atoms with Crippen LogP contribution in [0.15, 0.2) is 18.5 Å². The first kappa shape index (κ1) is 12.8. The van der Waals surface area contributed by atoms with Gasteiger partial charge in [0.05, 0.1) is 5.52 Å². The van der Waals surface area contributed by atoms with E-state index in [-0.39, 0.29) is 0 Å². The van der Waals surface area contributed by atoms with Gasteiger partial charge in [0.15, 0.2) is 0 Å². The molecule has 1 aromatic carbocycles. The minimum atomic E-state index is 0.741. The number of nitrogens with one attached hydrogen (secondary N) is 1. The molecule has 0 bridgehead atoms. The molecule has 4 nitrogen and oxygen atoms in total. The second kappa shape index (κ2) is 5.78. The second-order valence-electron chi connectivity index (χ2n) is 4.60. The number of anilines is 1. The molecule has 0 spiro atoms. The largest absolute Gasteiger partial charge is 0.369 e. The van der Waals surface area contributed by atoms with E-state index in [1.807, 2.05) is 0 Å². The number of nitrogens with zero attached hydrogens (tertiary/aromatic N) is 2. The molecule has 96 valence electrons. The first-order chi connectivity index (χ1) is 8.72. The zero-order valence-electron chi connectivity index (χ0n) is 11.0. The maximum atomic E-state index is 5.48. The van der Waals surface area contributed by atoms with Gasteiger partial charge in [-0.25, -0.2) is 9.97 Å². The number of nitrogens with two attached hydrogens (primary N) is 1. The van der Waals surface area contributed by atoms with Crippen LogP contribution in [0.5, 0.6) is 0 Å². The normalized spacial score (nSPS) is 10.8. The van der Waals surface area contributed by atoms with Gasteiger partial charge in [-0.1, -0.05) is 0 Å². The van der Waals surface area contributed by atoms with Crippen molar-refractivity contribution >= 4 is 16.7 Å². The van der Waals surface area contributed by atoms with Crippen molar-refractivity contribution in [3.8, 4) is 0 Å². The molecule has 0 aliphatic carbocycles. The Balaban J connectivity index is 2.24. The summed E-state index contributed by atoms with van der Waals surface area (Å²) in [4.78, 5) is 8.64. The van der Waals surface area contributed by atoms with Crippen molar-refractivity contribution in [2.45, 2.75) is 26.7 Å². The Morgan fingerprint density at radius 3 is 2.67 bits per heavy atom. The van der Waals surface area contributed by atoms with Gasteiger partial charge in [0, 0.05) is 11.9 Å². The fraction of sp³-hybridized carbons (Fsp3) is 0.429. The number of benzene rings is 1. The van der Waals surface area contributed by atoms with E-state index in [1.165, 1.54) is 11.1 Å². The zero-order valence-corrected chi connectivity index (χ0v) is 11.0. The second-order valence-corrected chi connectivity index (χ2v) is 4.60. The highest BCUT2D eigenvalue weighted by Crippen LogP contribution is 2.22. The molecule has 1 aromatic heterocycles. The van der Waals surface area contributed by atoms with Crippen LogP contribution in [0.2, 0.25) is 0 Å². The maximum Gasteiger partial charge on any atom is 0.137 e. The SMILES string of the molecule is Cc1cc2ncnc(NCCCCN)c2cc1C. The molecule has 1 heterocycles. The van der Waals surface area contributed by atoms with Crippen LogP contribution in [0.3, 0.4) is 0 Å². The Morgan fingerprint density at radius 1 is 1.11 bits per heavy atom. The van der Waals surface area contributed by atoms with Gasteiger partial charge in [-0.2, -0.15) is 0 Å². The van der Waals surface area contributed by atoms with Gasteiger partial charge in [-0.05, 0) is 56.5 Å². The van der Waals surface area contributed by atoms with Crippen LogP contribution in [-0.2, 0) is 0 Å². The fourth-order valence-electron chi connectivity index (χ4n) is 1.93. The van der Waals surface area contributed by atoms with E-state index in [9.17, 15) is 0 Å². The van der Waals surface area contributed by atoms with Crippen molar-refractivity contribution in [2.75, 3.05) is 18.4 Å². The zero-order chi connectivity index (χ0) is 13.0. The molecule has 3 N–H and O–H groups in total. The summed E-state index contributed by atoms with van der Waals surface area (Å²) >= 11 is 0. The highest BCUT2D eigenvalue weighted by molar-refractivity contribution is 5.89. The Morgan fingerprint density at radius 2 is 1.89 bits per heavy atom. The lowest BCUT2D eigenvalue weighted by Crippen LogP contribution is -2.07. The first-order valence-electron chi connectivity index (χ1n) is 6.38. The van der Waals surface area contributed by atoms with Crippen LogP contribution in [0.4, 0.5) is 5.82 Å². The molecule has 2 aromatic rings. The lowest BCUT2D eigenvalue weighted by atomic mass is 10.1. The van der Waals surface area contributed by atoms with Crippen molar-refractivity contribution in [1.29, 1.82) is 0 Å². The third-order valence-electron chi connectivity index (χ3n) is 3.17. The van der Waals surface area contributed by atoms with E-state index in [0.717, 1.165) is 42.7 Å². The Hall–Kier alpha value is -1.68. The van der Waals surface area contributed by atoms with Crippen LogP contribution in [0.25, 0.3) is 10.9 Å². The smallest absolute Gasteiger partial charge is 0.137 e. The molecule has 0 aliphatic heterocycles. The van der Waals surface area contributed by atoms with Crippen molar-refractivity contribution < 1.29 is 0 Å².